The highest BCUT2D eigenvalue weighted by Crippen LogP contribution is 2.11. The van der Waals surface area contributed by atoms with E-state index in [9.17, 15) is 4.79 Å². The molecule has 100 valence electrons. The third-order valence-electron chi connectivity index (χ3n) is 3.08. The van der Waals surface area contributed by atoms with Crippen molar-refractivity contribution < 1.29 is 4.79 Å². The SMILES string of the molecule is CCC(Br)CCNC(=O)Cc1cc(C)ccc1C. The first-order valence-electron chi connectivity index (χ1n) is 6.49. The van der Waals surface area contributed by atoms with Crippen molar-refractivity contribution >= 4 is 21.8 Å². The Balaban J connectivity index is 2.42. The lowest BCUT2D eigenvalue weighted by Gasteiger charge is -2.10. The second-order valence-electron chi connectivity index (χ2n) is 4.75. The summed E-state index contributed by atoms with van der Waals surface area (Å²) in [6.45, 7) is 6.98. The fourth-order valence-corrected chi connectivity index (χ4v) is 2.03. The van der Waals surface area contributed by atoms with Crippen LogP contribution in [0.3, 0.4) is 0 Å². The van der Waals surface area contributed by atoms with Crippen LogP contribution in [0.4, 0.5) is 0 Å². The first-order chi connectivity index (χ1) is 8.52. The van der Waals surface area contributed by atoms with Crippen molar-refractivity contribution in [2.45, 2.75) is 44.9 Å². The zero-order valence-electron chi connectivity index (χ0n) is 11.4. The lowest BCUT2D eigenvalue weighted by Crippen LogP contribution is -2.27. The Morgan fingerprint density at radius 1 is 1.39 bits per heavy atom. The van der Waals surface area contributed by atoms with Crippen molar-refractivity contribution in [3.05, 3.63) is 34.9 Å². The first kappa shape index (κ1) is 15.2. The molecular weight excluding hydrogens is 290 g/mol. The van der Waals surface area contributed by atoms with Crippen molar-refractivity contribution in [3.8, 4) is 0 Å². The highest BCUT2D eigenvalue weighted by molar-refractivity contribution is 9.09. The second kappa shape index (κ2) is 7.57. The van der Waals surface area contributed by atoms with Crippen LogP contribution < -0.4 is 5.32 Å². The van der Waals surface area contributed by atoms with Gasteiger partial charge in [-0.1, -0.05) is 46.6 Å². The van der Waals surface area contributed by atoms with E-state index in [2.05, 4.69) is 53.3 Å². The van der Waals surface area contributed by atoms with Crippen LogP contribution in [0.5, 0.6) is 0 Å². The molecule has 0 aromatic heterocycles. The average Bonchev–Trinajstić information content (AvgIpc) is 2.33. The maximum atomic E-state index is 11.8. The van der Waals surface area contributed by atoms with E-state index in [1.54, 1.807) is 0 Å². The van der Waals surface area contributed by atoms with Gasteiger partial charge in [-0.2, -0.15) is 0 Å². The van der Waals surface area contributed by atoms with Crippen molar-refractivity contribution in [2.24, 2.45) is 0 Å². The topological polar surface area (TPSA) is 29.1 Å². The quantitative estimate of drug-likeness (QED) is 0.800. The van der Waals surface area contributed by atoms with E-state index in [0.717, 1.165) is 24.9 Å². The van der Waals surface area contributed by atoms with Gasteiger partial charge in [0, 0.05) is 11.4 Å². The molecule has 0 radical (unpaired) electrons. The number of alkyl halides is 1. The van der Waals surface area contributed by atoms with E-state index in [1.807, 2.05) is 6.92 Å². The fourth-order valence-electron chi connectivity index (χ4n) is 1.80. The van der Waals surface area contributed by atoms with Crippen molar-refractivity contribution in [3.63, 3.8) is 0 Å². The van der Waals surface area contributed by atoms with Gasteiger partial charge < -0.3 is 5.32 Å². The van der Waals surface area contributed by atoms with Crippen molar-refractivity contribution in [1.29, 1.82) is 0 Å². The fraction of sp³-hybridized carbons (Fsp3) is 0.533. The van der Waals surface area contributed by atoms with Gasteiger partial charge >= 0.3 is 0 Å². The van der Waals surface area contributed by atoms with Gasteiger partial charge in [0.2, 0.25) is 5.91 Å². The number of aryl methyl sites for hydroxylation is 2. The van der Waals surface area contributed by atoms with Crippen LogP contribution >= 0.6 is 15.9 Å². The Morgan fingerprint density at radius 3 is 2.78 bits per heavy atom. The maximum absolute atomic E-state index is 11.8. The molecule has 1 N–H and O–H groups in total. The predicted octanol–water partition coefficient (Wildman–Crippen LogP) is 3.53. The van der Waals surface area contributed by atoms with Crippen LogP contribution in [0.1, 0.15) is 36.5 Å². The predicted molar refractivity (Wildman–Crippen MR) is 80.3 cm³/mol. The van der Waals surface area contributed by atoms with E-state index < -0.39 is 0 Å². The summed E-state index contributed by atoms with van der Waals surface area (Å²) in [7, 11) is 0. The number of hydrogen-bond acceptors (Lipinski definition) is 1. The van der Waals surface area contributed by atoms with Gasteiger partial charge in [-0.15, -0.1) is 0 Å². The van der Waals surface area contributed by atoms with Crippen molar-refractivity contribution in [2.75, 3.05) is 6.54 Å². The third-order valence-corrected chi connectivity index (χ3v) is 4.18. The number of nitrogens with one attached hydrogen (secondary N) is 1. The molecule has 1 atom stereocenters. The zero-order valence-corrected chi connectivity index (χ0v) is 13.0. The molecule has 0 aliphatic carbocycles. The Hall–Kier alpha value is -0.830. The van der Waals surface area contributed by atoms with Crippen LogP contribution in [-0.4, -0.2) is 17.3 Å². The molecule has 0 bridgehead atoms. The molecule has 3 heteroatoms. The Morgan fingerprint density at radius 2 is 2.11 bits per heavy atom. The summed E-state index contributed by atoms with van der Waals surface area (Å²) in [5, 5.41) is 2.97. The molecular formula is C15H22BrNO. The van der Waals surface area contributed by atoms with Gasteiger partial charge in [0.05, 0.1) is 6.42 Å². The summed E-state index contributed by atoms with van der Waals surface area (Å²) in [5.74, 6) is 0.111. The average molecular weight is 312 g/mol. The molecule has 1 amide bonds. The lowest BCUT2D eigenvalue weighted by atomic mass is 10.0. The molecule has 0 heterocycles. The molecule has 0 saturated heterocycles. The molecule has 1 aromatic carbocycles. The van der Waals surface area contributed by atoms with Crippen LogP contribution in [0.25, 0.3) is 0 Å². The van der Waals surface area contributed by atoms with Gasteiger partial charge in [0.25, 0.3) is 0 Å². The Kier molecular flexibility index (Phi) is 6.41. The summed E-state index contributed by atoms with van der Waals surface area (Å²) in [6, 6.07) is 6.24. The minimum atomic E-state index is 0.111. The van der Waals surface area contributed by atoms with Gasteiger partial charge in [-0.3, -0.25) is 4.79 Å². The smallest absolute Gasteiger partial charge is 0.224 e. The lowest BCUT2D eigenvalue weighted by molar-refractivity contribution is -0.120. The molecule has 0 aliphatic heterocycles. The molecule has 1 aromatic rings. The molecule has 0 aliphatic rings. The van der Waals surface area contributed by atoms with Gasteiger partial charge in [-0.05, 0) is 37.8 Å². The highest BCUT2D eigenvalue weighted by atomic mass is 79.9. The molecule has 1 unspecified atom stereocenters. The van der Waals surface area contributed by atoms with Crippen LogP contribution in [0.2, 0.25) is 0 Å². The van der Waals surface area contributed by atoms with Gasteiger partial charge in [0.1, 0.15) is 0 Å². The molecule has 1 rings (SSSR count). The molecule has 0 spiro atoms. The number of rotatable bonds is 6. The number of benzene rings is 1. The number of carbonyl (C=O) groups is 1. The third kappa shape index (κ3) is 5.21. The standard InChI is InChI=1S/C15H22BrNO/c1-4-14(16)7-8-17-15(18)10-13-9-11(2)5-6-12(13)3/h5-6,9,14H,4,7-8,10H2,1-3H3,(H,17,18). The molecule has 2 nitrogen and oxygen atoms in total. The van der Waals surface area contributed by atoms with E-state index in [-0.39, 0.29) is 5.91 Å². The number of hydrogen-bond donors (Lipinski definition) is 1. The first-order valence-corrected chi connectivity index (χ1v) is 7.41. The van der Waals surface area contributed by atoms with Gasteiger partial charge in [0.15, 0.2) is 0 Å². The van der Waals surface area contributed by atoms with E-state index >= 15 is 0 Å². The van der Waals surface area contributed by atoms with Crippen molar-refractivity contribution in [1.82, 2.24) is 5.32 Å². The largest absolute Gasteiger partial charge is 0.356 e. The Bertz CT molecular complexity index is 403. The maximum Gasteiger partial charge on any atom is 0.224 e. The second-order valence-corrected chi connectivity index (χ2v) is 6.05. The highest BCUT2D eigenvalue weighted by Gasteiger charge is 2.07. The molecule has 0 saturated carbocycles. The summed E-state index contributed by atoms with van der Waals surface area (Å²) in [4.78, 5) is 12.3. The monoisotopic (exact) mass is 311 g/mol. The van der Waals surface area contributed by atoms with Gasteiger partial charge in [-0.25, -0.2) is 0 Å². The van der Waals surface area contributed by atoms with Crippen LogP contribution in [0.15, 0.2) is 18.2 Å². The Labute approximate surface area is 118 Å². The summed E-state index contributed by atoms with van der Waals surface area (Å²) in [6.07, 6.45) is 2.55. The van der Waals surface area contributed by atoms with Crippen LogP contribution in [0, 0.1) is 13.8 Å². The summed E-state index contributed by atoms with van der Waals surface area (Å²) in [5.41, 5.74) is 3.51. The summed E-state index contributed by atoms with van der Waals surface area (Å²) < 4.78 is 0. The number of carbonyl (C=O) groups excluding carboxylic acids is 1. The normalized spacial score (nSPS) is 12.2. The summed E-state index contributed by atoms with van der Waals surface area (Å²) >= 11 is 3.56. The molecule has 18 heavy (non-hydrogen) atoms. The number of halogens is 1. The molecule has 0 fully saturated rings. The van der Waals surface area contributed by atoms with E-state index in [0.29, 0.717) is 11.2 Å². The van der Waals surface area contributed by atoms with E-state index in [1.165, 1.54) is 11.1 Å². The minimum absolute atomic E-state index is 0.111. The zero-order chi connectivity index (χ0) is 13.5. The number of amides is 1. The van der Waals surface area contributed by atoms with Crippen LogP contribution in [-0.2, 0) is 11.2 Å². The van der Waals surface area contributed by atoms with E-state index in [4.69, 9.17) is 0 Å². The minimum Gasteiger partial charge on any atom is -0.356 e.